The number of rotatable bonds is 2. The summed E-state index contributed by atoms with van der Waals surface area (Å²) >= 11 is 0. The van der Waals surface area contributed by atoms with Crippen LogP contribution in [0.1, 0.15) is 44.0 Å². The molecule has 1 amide bonds. The Hall–Kier alpha value is -1.64. The maximum atomic E-state index is 11.7. The third-order valence-corrected chi connectivity index (χ3v) is 2.91. The van der Waals surface area contributed by atoms with E-state index in [1.54, 1.807) is 24.0 Å². The number of piperidine rings is 1. The Kier molecular flexibility index (Phi) is 4.44. The van der Waals surface area contributed by atoms with Gasteiger partial charge in [-0.2, -0.15) is 0 Å². The van der Waals surface area contributed by atoms with Gasteiger partial charge >= 0.3 is 0 Å². The first-order chi connectivity index (χ1) is 7.68. The quantitative estimate of drug-likeness (QED) is 0.736. The zero-order valence-electron chi connectivity index (χ0n) is 9.40. The van der Waals surface area contributed by atoms with E-state index in [4.69, 9.17) is 0 Å². The zero-order chi connectivity index (χ0) is 11.5. The van der Waals surface area contributed by atoms with Crippen molar-refractivity contribution in [2.75, 3.05) is 11.4 Å². The van der Waals surface area contributed by atoms with Crippen molar-refractivity contribution < 1.29 is 9.59 Å². The number of Topliss-reactive ketones (excluding diaryl/α,β-unsaturated/α-hetero) is 1. The molecule has 0 unspecified atom stereocenters. The van der Waals surface area contributed by atoms with Gasteiger partial charge in [0.1, 0.15) is 0 Å². The molecule has 1 saturated heterocycles. The van der Waals surface area contributed by atoms with Crippen LogP contribution >= 0.6 is 0 Å². The molecule has 1 fully saturated rings. The van der Waals surface area contributed by atoms with Crippen molar-refractivity contribution in [3.05, 3.63) is 29.8 Å². The van der Waals surface area contributed by atoms with Crippen LogP contribution in [-0.2, 0) is 4.79 Å². The fraction of sp³-hybridized carbons (Fsp3) is 0.429. The fourth-order valence-corrected chi connectivity index (χ4v) is 1.95. The van der Waals surface area contributed by atoms with Crippen LogP contribution in [0, 0.1) is 0 Å². The average Bonchev–Trinajstić information content (AvgIpc) is 2.30. The second kappa shape index (κ2) is 5.62. The van der Waals surface area contributed by atoms with E-state index >= 15 is 0 Å². The molecule has 1 aromatic carbocycles. The molecule has 0 spiro atoms. The largest absolute Gasteiger partial charge is 0.312 e. The summed E-state index contributed by atoms with van der Waals surface area (Å²) in [7, 11) is 0. The van der Waals surface area contributed by atoms with Crippen LogP contribution in [0.4, 0.5) is 5.69 Å². The number of amides is 1. The van der Waals surface area contributed by atoms with Gasteiger partial charge in [0.2, 0.25) is 5.91 Å². The molecule has 0 radical (unpaired) electrons. The van der Waals surface area contributed by atoms with E-state index in [2.05, 4.69) is 0 Å². The van der Waals surface area contributed by atoms with E-state index in [1.807, 2.05) is 12.1 Å². The topological polar surface area (TPSA) is 37.4 Å². The molecule has 0 aromatic heterocycles. The second-order valence-corrected chi connectivity index (χ2v) is 4.11. The highest BCUT2D eigenvalue weighted by molar-refractivity contribution is 5.96. The molecular weight excluding hydrogens is 214 g/mol. The van der Waals surface area contributed by atoms with Crippen molar-refractivity contribution in [2.45, 2.75) is 33.6 Å². The number of hydrogen-bond donors (Lipinski definition) is 0. The second-order valence-electron chi connectivity index (χ2n) is 4.11. The van der Waals surface area contributed by atoms with Crippen molar-refractivity contribution in [1.29, 1.82) is 0 Å². The van der Waals surface area contributed by atoms with E-state index in [9.17, 15) is 9.59 Å². The Balaban J connectivity index is 0.00000144. The Morgan fingerprint density at radius 1 is 1.18 bits per heavy atom. The van der Waals surface area contributed by atoms with Gasteiger partial charge in [-0.05, 0) is 44.0 Å². The molecule has 3 heteroatoms. The smallest absolute Gasteiger partial charge is 0.226 e. The van der Waals surface area contributed by atoms with Gasteiger partial charge in [0, 0.05) is 24.2 Å². The van der Waals surface area contributed by atoms with Crippen molar-refractivity contribution in [3.63, 3.8) is 0 Å². The third-order valence-electron chi connectivity index (χ3n) is 2.91. The molecular formula is C14H19NO2. The number of anilines is 1. The first kappa shape index (κ1) is 13.4. The van der Waals surface area contributed by atoms with Crippen molar-refractivity contribution >= 4 is 17.4 Å². The van der Waals surface area contributed by atoms with E-state index < -0.39 is 0 Å². The molecule has 0 aliphatic carbocycles. The van der Waals surface area contributed by atoms with Crippen molar-refractivity contribution in [3.8, 4) is 0 Å². The Labute approximate surface area is 102 Å². The van der Waals surface area contributed by atoms with Gasteiger partial charge in [-0.15, -0.1) is 0 Å². The summed E-state index contributed by atoms with van der Waals surface area (Å²) in [5.74, 6) is 0.235. The molecule has 1 aliphatic heterocycles. The Morgan fingerprint density at radius 3 is 2.35 bits per heavy atom. The first-order valence-electron chi connectivity index (χ1n) is 5.60. The highest BCUT2D eigenvalue weighted by atomic mass is 16.2. The van der Waals surface area contributed by atoms with Crippen LogP contribution in [0.5, 0.6) is 0 Å². The lowest BCUT2D eigenvalue weighted by Gasteiger charge is -2.26. The number of ketones is 1. The maximum Gasteiger partial charge on any atom is 0.226 e. The molecule has 92 valence electrons. The van der Waals surface area contributed by atoms with Gasteiger partial charge in [0.05, 0.1) is 0 Å². The molecule has 0 N–H and O–H groups in total. The Morgan fingerprint density at radius 2 is 1.82 bits per heavy atom. The summed E-state index contributed by atoms with van der Waals surface area (Å²) in [6, 6.07) is 7.25. The van der Waals surface area contributed by atoms with Gasteiger partial charge < -0.3 is 4.90 Å². The highest BCUT2D eigenvalue weighted by Gasteiger charge is 2.19. The lowest BCUT2D eigenvalue weighted by Crippen LogP contribution is -2.35. The highest BCUT2D eigenvalue weighted by Crippen LogP contribution is 2.21. The van der Waals surface area contributed by atoms with Crippen LogP contribution in [-0.4, -0.2) is 18.2 Å². The summed E-state index contributed by atoms with van der Waals surface area (Å²) in [5, 5.41) is 0. The summed E-state index contributed by atoms with van der Waals surface area (Å²) in [5.41, 5.74) is 1.59. The average molecular weight is 233 g/mol. The van der Waals surface area contributed by atoms with E-state index in [1.165, 1.54) is 0 Å². The van der Waals surface area contributed by atoms with Crippen LogP contribution in [0.2, 0.25) is 0 Å². The molecule has 0 bridgehead atoms. The lowest BCUT2D eigenvalue weighted by molar-refractivity contribution is -0.119. The normalized spacial score (nSPS) is 15.4. The van der Waals surface area contributed by atoms with Gasteiger partial charge in [0.15, 0.2) is 5.78 Å². The number of hydrogen-bond acceptors (Lipinski definition) is 2. The number of carbonyl (C=O) groups excluding carboxylic acids is 2. The lowest BCUT2D eigenvalue weighted by atomic mass is 10.1. The van der Waals surface area contributed by atoms with Crippen LogP contribution in [0.15, 0.2) is 24.3 Å². The van der Waals surface area contributed by atoms with Crippen LogP contribution < -0.4 is 4.90 Å². The monoisotopic (exact) mass is 233 g/mol. The van der Waals surface area contributed by atoms with Gasteiger partial charge in [0.25, 0.3) is 0 Å². The molecule has 2 rings (SSSR count). The predicted octanol–water partition coefficient (Wildman–Crippen LogP) is 3.04. The maximum absolute atomic E-state index is 11.7. The minimum atomic E-state index is 0. The molecule has 1 aliphatic rings. The molecule has 1 aromatic rings. The SMILES string of the molecule is C.CC(=O)c1ccc(N2CCCCC2=O)cc1. The fourth-order valence-electron chi connectivity index (χ4n) is 1.95. The molecule has 1 heterocycles. The van der Waals surface area contributed by atoms with E-state index in [0.29, 0.717) is 12.0 Å². The molecule has 17 heavy (non-hydrogen) atoms. The molecule has 0 saturated carbocycles. The summed E-state index contributed by atoms with van der Waals surface area (Å²) < 4.78 is 0. The molecule has 0 atom stereocenters. The van der Waals surface area contributed by atoms with Gasteiger partial charge in [-0.25, -0.2) is 0 Å². The van der Waals surface area contributed by atoms with Gasteiger partial charge in [-0.1, -0.05) is 7.43 Å². The molecule has 3 nitrogen and oxygen atoms in total. The zero-order valence-corrected chi connectivity index (χ0v) is 9.40. The van der Waals surface area contributed by atoms with Gasteiger partial charge in [-0.3, -0.25) is 9.59 Å². The number of carbonyl (C=O) groups is 2. The number of nitrogens with zero attached hydrogens (tertiary/aromatic N) is 1. The van der Waals surface area contributed by atoms with Crippen LogP contribution in [0.25, 0.3) is 0 Å². The Bertz CT molecular complexity index is 409. The summed E-state index contributed by atoms with van der Waals surface area (Å²) in [6.07, 6.45) is 2.68. The first-order valence-corrected chi connectivity index (χ1v) is 5.60. The number of benzene rings is 1. The van der Waals surface area contributed by atoms with Crippen molar-refractivity contribution in [2.24, 2.45) is 0 Å². The van der Waals surface area contributed by atoms with Crippen molar-refractivity contribution in [1.82, 2.24) is 0 Å². The predicted molar refractivity (Wildman–Crippen MR) is 69.4 cm³/mol. The third kappa shape index (κ3) is 2.93. The summed E-state index contributed by atoms with van der Waals surface area (Å²) in [6.45, 7) is 2.33. The summed E-state index contributed by atoms with van der Waals surface area (Å²) in [4.78, 5) is 24.6. The standard InChI is InChI=1S/C13H15NO2.CH4/c1-10(15)11-5-7-12(8-6-11)14-9-3-2-4-13(14)16;/h5-8H,2-4,9H2,1H3;1H4. The minimum absolute atomic E-state index is 0. The minimum Gasteiger partial charge on any atom is -0.312 e. The van der Waals surface area contributed by atoms with Crippen LogP contribution in [0.3, 0.4) is 0 Å². The van der Waals surface area contributed by atoms with E-state index in [0.717, 1.165) is 25.1 Å². The van der Waals surface area contributed by atoms with E-state index in [-0.39, 0.29) is 19.1 Å².